The average molecular weight is 324 g/mol. The zero-order valence-corrected chi connectivity index (χ0v) is 13.1. The van der Waals surface area contributed by atoms with Crippen molar-refractivity contribution in [3.05, 3.63) is 29.8 Å². The van der Waals surface area contributed by atoms with Crippen molar-refractivity contribution in [2.45, 2.75) is 32.8 Å². The minimum Gasteiger partial charge on any atom is -0.508 e. The molecule has 0 saturated heterocycles. The van der Waals surface area contributed by atoms with Gasteiger partial charge in [-0.1, -0.05) is 12.1 Å². The summed E-state index contributed by atoms with van der Waals surface area (Å²) in [6.45, 7) is 2.12. The summed E-state index contributed by atoms with van der Waals surface area (Å²) in [7, 11) is 0. The Labute approximate surface area is 134 Å². The molecule has 0 aliphatic heterocycles. The van der Waals surface area contributed by atoms with Crippen LogP contribution in [0.25, 0.3) is 0 Å². The Morgan fingerprint density at radius 2 is 1.52 bits per heavy atom. The molecular formula is C16H20O7. The normalized spacial score (nSPS) is 10.2. The van der Waals surface area contributed by atoms with Gasteiger partial charge in [-0.3, -0.25) is 14.4 Å². The lowest BCUT2D eigenvalue weighted by atomic mass is 10.1. The Morgan fingerprint density at radius 3 is 2.00 bits per heavy atom. The minimum atomic E-state index is -0.838. The van der Waals surface area contributed by atoms with Crippen LogP contribution in [-0.2, 0) is 35.0 Å². The van der Waals surface area contributed by atoms with E-state index in [0.29, 0.717) is 6.42 Å². The van der Waals surface area contributed by atoms with Crippen molar-refractivity contribution in [3.8, 4) is 5.75 Å². The first-order valence-electron chi connectivity index (χ1n) is 7.11. The second-order valence-electron chi connectivity index (χ2n) is 4.88. The molecule has 1 aromatic rings. The van der Waals surface area contributed by atoms with E-state index >= 15 is 0 Å². The van der Waals surface area contributed by atoms with Crippen LogP contribution < -0.4 is 0 Å². The summed E-state index contributed by atoms with van der Waals surface area (Å²) in [4.78, 5) is 33.5. The predicted molar refractivity (Wildman–Crippen MR) is 79.6 cm³/mol. The van der Waals surface area contributed by atoms with Gasteiger partial charge in [0.15, 0.2) is 6.10 Å². The number of phenolic OH excluding ortho intramolecular Hbond substituents is 1. The first-order valence-corrected chi connectivity index (χ1v) is 7.11. The molecule has 0 amide bonds. The topological polar surface area (TPSA) is 99.1 Å². The predicted octanol–water partition coefficient (Wildman–Crippen LogP) is 1.36. The molecule has 0 atom stereocenters. The van der Waals surface area contributed by atoms with Gasteiger partial charge in [0.2, 0.25) is 0 Å². The number of aryl methyl sites for hydroxylation is 1. The second kappa shape index (κ2) is 9.45. The third-order valence-electron chi connectivity index (χ3n) is 2.80. The van der Waals surface area contributed by atoms with E-state index in [1.807, 2.05) is 0 Å². The molecule has 1 rings (SSSR count). The van der Waals surface area contributed by atoms with E-state index in [9.17, 15) is 19.5 Å². The highest BCUT2D eigenvalue weighted by molar-refractivity contribution is 5.70. The Morgan fingerprint density at radius 1 is 1.00 bits per heavy atom. The molecule has 7 heteroatoms. The average Bonchev–Trinajstić information content (AvgIpc) is 2.49. The van der Waals surface area contributed by atoms with Crippen molar-refractivity contribution < 1.29 is 33.7 Å². The van der Waals surface area contributed by atoms with E-state index in [4.69, 9.17) is 14.2 Å². The number of esters is 3. The summed E-state index contributed by atoms with van der Waals surface area (Å²) in [6, 6.07) is 6.48. The summed E-state index contributed by atoms with van der Waals surface area (Å²) in [5.74, 6) is -1.38. The second-order valence-corrected chi connectivity index (χ2v) is 4.88. The van der Waals surface area contributed by atoms with Crippen LogP contribution in [0.5, 0.6) is 5.75 Å². The Hall–Kier alpha value is -2.57. The highest BCUT2D eigenvalue weighted by Gasteiger charge is 2.17. The number of hydrogen-bond acceptors (Lipinski definition) is 7. The lowest BCUT2D eigenvalue weighted by molar-refractivity contribution is -0.165. The molecule has 0 saturated carbocycles. The largest absolute Gasteiger partial charge is 0.508 e. The summed E-state index contributed by atoms with van der Waals surface area (Å²) >= 11 is 0. The first-order chi connectivity index (χ1) is 10.9. The van der Waals surface area contributed by atoms with E-state index in [2.05, 4.69) is 0 Å². The maximum Gasteiger partial charge on any atom is 0.306 e. The fourth-order valence-corrected chi connectivity index (χ4v) is 1.69. The van der Waals surface area contributed by atoms with Crippen molar-refractivity contribution in [1.29, 1.82) is 0 Å². The molecule has 7 nitrogen and oxygen atoms in total. The van der Waals surface area contributed by atoms with Gasteiger partial charge < -0.3 is 19.3 Å². The lowest BCUT2D eigenvalue weighted by Crippen LogP contribution is -2.30. The molecule has 0 unspecified atom stereocenters. The highest BCUT2D eigenvalue weighted by Crippen LogP contribution is 2.11. The summed E-state index contributed by atoms with van der Waals surface area (Å²) < 4.78 is 14.7. The third kappa shape index (κ3) is 8.45. The number of benzene rings is 1. The maximum atomic E-state index is 11.8. The molecule has 0 radical (unpaired) electrons. The zero-order valence-electron chi connectivity index (χ0n) is 13.1. The zero-order chi connectivity index (χ0) is 17.2. The van der Waals surface area contributed by atoms with Crippen molar-refractivity contribution in [3.63, 3.8) is 0 Å². The number of carbonyl (C=O) groups excluding carboxylic acids is 3. The molecular weight excluding hydrogens is 304 g/mol. The minimum absolute atomic E-state index is 0.113. The van der Waals surface area contributed by atoms with Gasteiger partial charge >= 0.3 is 17.9 Å². The van der Waals surface area contributed by atoms with Crippen molar-refractivity contribution in [2.24, 2.45) is 0 Å². The van der Waals surface area contributed by atoms with Crippen LogP contribution in [0, 0.1) is 0 Å². The van der Waals surface area contributed by atoms with Gasteiger partial charge in [0.1, 0.15) is 19.0 Å². The third-order valence-corrected chi connectivity index (χ3v) is 2.80. The molecule has 1 aromatic carbocycles. The Bertz CT molecular complexity index is 518. The quantitative estimate of drug-likeness (QED) is 0.569. The Balaban J connectivity index is 2.45. The number of phenols is 1. The molecule has 0 aliphatic rings. The summed E-state index contributed by atoms with van der Waals surface area (Å²) in [5.41, 5.74) is 0.872. The van der Waals surface area contributed by atoms with E-state index in [1.54, 1.807) is 12.1 Å². The summed E-state index contributed by atoms with van der Waals surface area (Å²) in [5, 5.41) is 9.19. The van der Waals surface area contributed by atoms with Gasteiger partial charge in [0.05, 0.1) is 0 Å². The smallest absolute Gasteiger partial charge is 0.306 e. The van der Waals surface area contributed by atoms with Gasteiger partial charge in [-0.2, -0.15) is 0 Å². The van der Waals surface area contributed by atoms with E-state index in [0.717, 1.165) is 5.56 Å². The molecule has 0 aromatic heterocycles. The van der Waals surface area contributed by atoms with Gasteiger partial charge in [-0.25, -0.2) is 0 Å². The maximum absolute atomic E-state index is 11.8. The lowest BCUT2D eigenvalue weighted by Gasteiger charge is -2.17. The first kappa shape index (κ1) is 18.5. The number of carbonyl (C=O) groups is 3. The van der Waals surface area contributed by atoms with Gasteiger partial charge in [0.25, 0.3) is 0 Å². The molecule has 126 valence electrons. The summed E-state index contributed by atoms with van der Waals surface area (Å²) in [6.07, 6.45) is -0.288. The van der Waals surface area contributed by atoms with Crippen LogP contribution in [0.1, 0.15) is 25.8 Å². The van der Waals surface area contributed by atoms with E-state index in [1.165, 1.54) is 26.0 Å². The van der Waals surface area contributed by atoms with Crippen molar-refractivity contribution in [2.75, 3.05) is 13.2 Å². The molecule has 23 heavy (non-hydrogen) atoms. The Kier molecular flexibility index (Phi) is 7.59. The van der Waals surface area contributed by atoms with Gasteiger partial charge in [-0.15, -0.1) is 0 Å². The number of rotatable bonds is 8. The van der Waals surface area contributed by atoms with Crippen molar-refractivity contribution in [1.82, 2.24) is 0 Å². The molecule has 0 spiro atoms. The SMILES string of the molecule is CC(=O)OCC(COC(C)=O)OC(=O)CCc1ccc(O)cc1. The monoisotopic (exact) mass is 324 g/mol. The van der Waals surface area contributed by atoms with Crippen LogP contribution in [0.2, 0.25) is 0 Å². The number of ether oxygens (including phenoxy) is 3. The fraction of sp³-hybridized carbons (Fsp3) is 0.438. The van der Waals surface area contributed by atoms with Crippen molar-refractivity contribution >= 4 is 17.9 Å². The standard InChI is InChI=1S/C16H20O7/c1-11(17)21-9-15(10-22-12(2)18)23-16(20)8-5-13-3-6-14(19)7-4-13/h3-4,6-7,15,19H,5,8-10H2,1-2H3. The van der Waals surface area contributed by atoms with Crippen LogP contribution in [-0.4, -0.2) is 42.3 Å². The van der Waals surface area contributed by atoms with Gasteiger partial charge in [-0.05, 0) is 24.1 Å². The number of aromatic hydroxyl groups is 1. The highest BCUT2D eigenvalue weighted by atomic mass is 16.6. The molecule has 0 fully saturated rings. The molecule has 0 heterocycles. The van der Waals surface area contributed by atoms with Crippen LogP contribution in [0.4, 0.5) is 0 Å². The van der Waals surface area contributed by atoms with Crippen LogP contribution in [0.3, 0.4) is 0 Å². The van der Waals surface area contributed by atoms with Crippen LogP contribution in [0.15, 0.2) is 24.3 Å². The van der Waals surface area contributed by atoms with E-state index in [-0.39, 0.29) is 25.4 Å². The van der Waals surface area contributed by atoms with Gasteiger partial charge in [0, 0.05) is 20.3 Å². The molecule has 0 aliphatic carbocycles. The van der Waals surface area contributed by atoms with E-state index < -0.39 is 24.0 Å². The van der Waals surface area contributed by atoms with Crippen LogP contribution >= 0.6 is 0 Å². The fourth-order valence-electron chi connectivity index (χ4n) is 1.69. The number of hydrogen-bond donors (Lipinski definition) is 1. The molecule has 1 N–H and O–H groups in total. The molecule has 0 bridgehead atoms.